The Kier molecular flexibility index (Phi) is 3.74. The quantitative estimate of drug-likeness (QED) is 0.793. The molecule has 1 saturated carbocycles. The van der Waals surface area contributed by atoms with Gasteiger partial charge in [0.05, 0.1) is 5.56 Å². The molecule has 0 radical (unpaired) electrons. The monoisotopic (exact) mass is 232 g/mol. The predicted molar refractivity (Wildman–Crippen MR) is 68.3 cm³/mol. The van der Waals surface area contributed by atoms with Gasteiger partial charge in [0, 0.05) is 15.8 Å². The van der Waals surface area contributed by atoms with Crippen molar-refractivity contribution in [2.45, 2.75) is 42.2 Å². The minimum Gasteiger partial charge on any atom is -0.398 e. The lowest BCUT2D eigenvalue weighted by molar-refractivity contribution is 0.516. The number of nitrogen functional groups attached to an aromatic ring is 1. The molecule has 16 heavy (non-hydrogen) atoms. The number of hydrogen-bond donors (Lipinski definition) is 1. The topological polar surface area (TPSA) is 49.8 Å². The third-order valence-electron chi connectivity index (χ3n) is 3.00. The van der Waals surface area contributed by atoms with E-state index in [0.29, 0.717) is 11.3 Å². The second-order valence-electron chi connectivity index (χ2n) is 4.24. The van der Waals surface area contributed by atoms with E-state index in [1.165, 1.54) is 37.0 Å². The predicted octanol–water partition coefficient (Wildman–Crippen LogP) is 3.57. The van der Waals surface area contributed by atoms with E-state index in [-0.39, 0.29) is 0 Å². The van der Waals surface area contributed by atoms with Gasteiger partial charge in [-0.05, 0) is 31.0 Å². The smallest absolute Gasteiger partial charge is 0.101 e. The Morgan fingerprint density at radius 3 is 2.69 bits per heavy atom. The highest BCUT2D eigenvalue weighted by molar-refractivity contribution is 8.00. The summed E-state index contributed by atoms with van der Waals surface area (Å²) in [5.41, 5.74) is 6.88. The van der Waals surface area contributed by atoms with Gasteiger partial charge in [0.25, 0.3) is 0 Å². The van der Waals surface area contributed by atoms with Gasteiger partial charge in [0.15, 0.2) is 0 Å². The molecule has 0 bridgehead atoms. The van der Waals surface area contributed by atoms with Crippen molar-refractivity contribution < 1.29 is 0 Å². The first kappa shape index (κ1) is 11.3. The highest BCUT2D eigenvalue weighted by atomic mass is 32.2. The van der Waals surface area contributed by atoms with E-state index in [9.17, 15) is 0 Å². The lowest BCUT2D eigenvalue weighted by Gasteiger charge is -2.21. The van der Waals surface area contributed by atoms with Crippen LogP contribution in [0.4, 0.5) is 5.69 Å². The molecule has 1 fully saturated rings. The Hall–Kier alpha value is -1.14. The van der Waals surface area contributed by atoms with Gasteiger partial charge >= 0.3 is 0 Å². The Morgan fingerprint density at radius 1 is 1.25 bits per heavy atom. The maximum absolute atomic E-state index is 8.91. The molecule has 2 nitrogen and oxygen atoms in total. The fourth-order valence-corrected chi connectivity index (χ4v) is 3.37. The summed E-state index contributed by atoms with van der Waals surface area (Å²) < 4.78 is 0. The van der Waals surface area contributed by atoms with Crippen LogP contribution in [0.2, 0.25) is 0 Å². The number of nitriles is 1. The summed E-state index contributed by atoms with van der Waals surface area (Å²) in [5, 5.41) is 9.64. The summed E-state index contributed by atoms with van der Waals surface area (Å²) in [5.74, 6) is 0. The number of nitrogens with zero attached hydrogens (tertiary/aromatic N) is 1. The lowest BCUT2D eigenvalue weighted by atomic mass is 10.0. The van der Waals surface area contributed by atoms with Crippen LogP contribution in [0.5, 0.6) is 0 Å². The maximum Gasteiger partial charge on any atom is 0.101 e. The Morgan fingerprint density at radius 2 is 2.00 bits per heavy atom. The van der Waals surface area contributed by atoms with E-state index < -0.39 is 0 Å². The first-order chi connectivity index (χ1) is 7.79. The Balaban J connectivity index is 2.06. The summed E-state index contributed by atoms with van der Waals surface area (Å²) in [6, 6.07) is 7.91. The second-order valence-corrected chi connectivity index (χ2v) is 5.61. The van der Waals surface area contributed by atoms with Gasteiger partial charge in [0.1, 0.15) is 6.07 Å². The number of nitrogens with two attached hydrogens (primary N) is 1. The zero-order chi connectivity index (χ0) is 11.4. The van der Waals surface area contributed by atoms with Crippen LogP contribution in [-0.4, -0.2) is 5.25 Å². The van der Waals surface area contributed by atoms with Gasteiger partial charge in [-0.1, -0.05) is 19.3 Å². The van der Waals surface area contributed by atoms with Crippen LogP contribution in [0.25, 0.3) is 0 Å². The Labute approximate surface area is 101 Å². The highest BCUT2D eigenvalue weighted by Gasteiger charge is 2.14. The number of anilines is 1. The first-order valence-corrected chi connectivity index (χ1v) is 6.64. The van der Waals surface area contributed by atoms with Gasteiger partial charge in [-0.15, -0.1) is 11.8 Å². The molecule has 0 aliphatic heterocycles. The Bertz CT molecular complexity index is 403. The number of benzene rings is 1. The summed E-state index contributed by atoms with van der Waals surface area (Å²) in [7, 11) is 0. The van der Waals surface area contributed by atoms with Crippen LogP contribution in [0.15, 0.2) is 23.1 Å². The lowest BCUT2D eigenvalue weighted by Crippen LogP contribution is -2.07. The van der Waals surface area contributed by atoms with Crippen molar-refractivity contribution in [1.29, 1.82) is 5.26 Å². The van der Waals surface area contributed by atoms with Crippen molar-refractivity contribution in [2.75, 3.05) is 5.73 Å². The standard InChI is InChI=1S/C13H16N2S/c14-9-10-8-12(6-7-13(10)15)16-11-4-2-1-3-5-11/h6-8,11H,1-5,15H2. The van der Waals surface area contributed by atoms with E-state index in [1.54, 1.807) is 0 Å². The molecule has 0 spiro atoms. The van der Waals surface area contributed by atoms with Crippen molar-refractivity contribution in [1.82, 2.24) is 0 Å². The van der Waals surface area contributed by atoms with E-state index in [2.05, 4.69) is 6.07 Å². The normalized spacial score (nSPS) is 16.9. The van der Waals surface area contributed by atoms with Crippen molar-refractivity contribution in [2.24, 2.45) is 0 Å². The number of thioether (sulfide) groups is 1. The largest absolute Gasteiger partial charge is 0.398 e. The van der Waals surface area contributed by atoms with Crippen molar-refractivity contribution in [3.05, 3.63) is 23.8 Å². The number of hydrogen-bond acceptors (Lipinski definition) is 3. The molecule has 2 N–H and O–H groups in total. The molecule has 0 heterocycles. The summed E-state index contributed by atoms with van der Waals surface area (Å²) >= 11 is 1.90. The summed E-state index contributed by atoms with van der Waals surface area (Å²) in [6.07, 6.45) is 6.67. The molecule has 1 aromatic carbocycles. The molecule has 3 heteroatoms. The van der Waals surface area contributed by atoms with Crippen molar-refractivity contribution in [3.8, 4) is 6.07 Å². The summed E-state index contributed by atoms with van der Waals surface area (Å²) in [4.78, 5) is 1.18. The van der Waals surface area contributed by atoms with E-state index in [4.69, 9.17) is 11.0 Å². The maximum atomic E-state index is 8.91. The molecule has 0 saturated heterocycles. The molecule has 0 amide bonds. The zero-order valence-electron chi connectivity index (χ0n) is 9.28. The molecule has 0 aromatic heterocycles. The fourth-order valence-electron chi connectivity index (χ4n) is 2.08. The van der Waals surface area contributed by atoms with Crippen LogP contribution in [0.3, 0.4) is 0 Å². The van der Waals surface area contributed by atoms with E-state index >= 15 is 0 Å². The molecule has 1 aromatic rings. The second kappa shape index (κ2) is 5.27. The van der Waals surface area contributed by atoms with Crippen LogP contribution in [0, 0.1) is 11.3 Å². The molecular formula is C13H16N2S. The fraction of sp³-hybridized carbons (Fsp3) is 0.462. The molecule has 0 atom stereocenters. The molecule has 1 aliphatic carbocycles. The highest BCUT2D eigenvalue weighted by Crippen LogP contribution is 2.34. The van der Waals surface area contributed by atoms with Crippen LogP contribution < -0.4 is 5.73 Å². The molecule has 1 aliphatic rings. The molecular weight excluding hydrogens is 216 g/mol. The molecule has 84 valence electrons. The summed E-state index contributed by atoms with van der Waals surface area (Å²) in [6.45, 7) is 0. The molecule has 2 rings (SSSR count). The van der Waals surface area contributed by atoms with Crippen LogP contribution in [0.1, 0.15) is 37.7 Å². The van der Waals surface area contributed by atoms with Gasteiger partial charge in [-0.2, -0.15) is 5.26 Å². The minimum atomic E-state index is 0.579. The van der Waals surface area contributed by atoms with E-state index in [1.807, 2.05) is 30.0 Å². The minimum absolute atomic E-state index is 0.579. The van der Waals surface area contributed by atoms with Gasteiger partial charge < -0.3 is 5.73 Å². The SMILES string of the molecule is N#Cc1cc(SC2CCCCC2)ccc1N. The molecule has 0 unspecified atom stereocenters. The average Bonchev–Trinajstić information content (AvgIpc) is 2.33. The van der Waals surface area contributed by atoms with Gasteiger partial charge in [-0.3, -0.25) is 0 Å². The van der Waals surface area contributed by atoms with Crippen molar-refractivity contribution >= 4 is 17.4 Å². The van der Waals surface area contributed by atoms with Gasteiger partial charge in [0.2, 0.25) is 0 Å². The average molecular weight is 232 g/mol. The van der Waals surface area contributed by atoms with Crippen LogP contribution >= 0.6 is 11.8 Å². The van der Waals surface area contributed by atoms with Crippen molar-refractivity contribution in [3.63, 3.8) is 0 Å². The zero-order valence-corrected chi connectivity index (χ0v) is 10.1. The van der Waals surface area contributed by atoms with Crippen LogP contribution in [-0.2, 0) is 0 Å². The van der Waals surface area contributed by atoms with E-state index in [0.717, 1.165) is 5.25 Å². The first-order valence-electron chi connectivity index (χ1n) is 5.76. The third kappa shape index (κ3) is 2.70. The third-order valence-corrected chi connectivity index (χ3v) is 4.33. The van der Waals surface area contributed by atoms with Gasteiger partial charge in [-0.25, -0.2) is 0 Å². The number of rotatable bonds is 2.